The normalized spacial score (nSPS) is 18.2. The molecule has 16 heavy (non-hydrogen) atoms. The van der Waals surface area contributed by atoms with Gasteiger partial charge in [0.05, 0.1) is 13.7 Å². The lowest BCUT2D eigenvalue weighted by Crippen LogP contribution is -2.27. The van der Waals surface area contributed by atoms with Crippen molar-refractivity contribution in [3.8, 4) is 5.75 Å². The predicted molar refractivity (Wildman–Crippen MR) is 62.3 cm³/mol. The molecule has 4 nitrogen and oxygen atoms in total. The van der Waals surface area contributed by atoms with Crippen molar-refractivity contribution in [3.63, 3.8) is 0 Å². The smallest absolute Gasteiger partial charge is 0.225 e. The van der Waals surface area contributed by atoms with Crippen molar-refractivity contribution in [1.29, 1.82) is 0 Å². The lowest BCUT2D eigenvalue weighted by molar-refractivity contribution is 0.0327. The second kappa shape index (κ2) is 5.32. The monoisotopic (exact) mass is 218 g/mol. The molecule has 0 saturated heterocycles. The van der Waals surface area contributed by atoms with Crippen molar-refractivity contribution < 1.29 is 9.47 Å². The molecule has 1 aromatic rings. The Hall–Kier alpha value is -1.81. The largest absolute Gasteiger partial charge is 0.497 e. The van der Waals surface area contributed by atoms with Gasteiger partial charge in [0, 0.05) is 12.4 Å². The van der Waals surface area contributed by atoms with Crippen molar-refractivity contribution in [2.45, 2.75) is 13.0 Å². The topological polar surface area (TPSA) is 42.9 Å². The molecule has 84 valence electrons. The molecule has 1 aromatic carbocycles. The summed E-state index contributed by atoms with van der Waals surface area (Å²) in [5, 5.41) is 2.99. The fraction of sp³-hybridized carbons (Fsp3) is 0.250. The molecule has 4 heteroatoms. The summed E-state index contributed by atoms with van der Waals surface area (Å²) < 4.78 is 10.6. The molecular formula is C12H14N2O2. The number of methoxy groups -OCH3 is 1. The van der Waals surface area contributed by atoms with Gasteiger partial charge in [-0.1, -0.05) is 12.1 Å². The maximum absolute atomic E-state index is 5.54. The number of allylic oxidation sites excluding steroid dienone is 1. The third-order valence-electron chi connectivity index (χ3n) is 2.21. The molecular weight excluding hydrogens is 204 g/mol. The molecule has 0 radical (unpaired) electrons. The number of ether oxygens (including phenoxy) is 2. The van der Waals surface area contributed by atoms with Crippen molar-refractivity contribution in [3.05, 3.63) is 42.1 Å². The zero-order valence-electron chi connectivity index (χ0n) is 9.09. The summed E-state index contributed by atoms with van der Waals surface area (Å²) in [7, 11) is 1.65. The van der Waals surface area contributed by atoms with Crippen LogP contribution >= 0.6 is 0 Å². The Kier molecular flexibility index (Phi) is 3.56. The molecule has 0 spiro atoms. The summed E-state index contributed by atoms with van der Waals surface area (Å²) in [5.41, 5.74) is 1.09. The first-order valence-corrected chi connectivity index (χ1v) is 5.07. The highest BCUT2D eigenvalue weighted by atomic mass is 16.5. The first-order chi connectivity index (χ1) is 7.88. The van der Waals surface area contributed by atoms with Gasteiger partial charge >= 0.3 is 0 Å². The van der Waals surface area contributed by atoms with Gasteiger partial charge in [0.15, 0.2) is 0 Å². The lowest BCUT2D eigenvalue weighted by atomic mass is 10.2. The average Bonchev–Trinajstić information content (AvgIpc) is 2.38. The van der Waals surface area contributed by atoms with E-state index in [4.69, 9.17) is 9.47 Å². The Balaban J connectivity index is 1.84. The highest BCUT2D eigenvalue weighted by Crippen LogP contribution is 2.12. The summed E-state index contributed by atoms with van der Waals surface area (Å²) in [6, 6.07) is 7.77. The van der Waals surface area contributed by atoms with Gasteiger partial charge in [-0.05, 0) is 23.8 Å². The van der Waals surface area contributed by atoms with Gasteiger partial charge in [-0.2, -0.15) is 0 Å². The van der Waals surface area contributed by atoms with Gasteiger partial charge in [0.2, 0.25) is 6.35 Å². The first-order valence-electron chi connectivity index (χ1n) is 5.07. The van der Waals surface area contributed by atoms with Crippen LogP contribution in [0.5, 0.6) is 5.75 Å². The Morgan fingerprint density at radius 3 is 2.75 bits per heavy atom. The van der Waals surface area contributed by atoms with Gasteiger partial charge in [0.1, 0.15) is 5.75 Å². The summed E-state index contributed by atoms with van der Waals surface area (Å²) in [5.74, 6) is 0.848. The van der Waals surface area contributed by atoms with Crippen molar-refractivity contribution in [2.75, 3.05) is 7.11 Å². The second-order valence-electron chi connectivity index (χ2n) is 3.34. The van der Waals surface area contributed by atoms with E-state index in [1.807, 2.05) is 36.5 Å². The minimum absolute atomic E-state index is 0.285. The van der Waals surface area contributed by atoms with Crippen molar-refractivity contribution in [2.24, 2.45) is 4.99 Å². The van der Waals surface area contributed by atoms with E-state index >= 15 is 0 Å². The zero-order chi connectivity index (χ0) is 11.2. The number of hydrogen-bond donors (Lipinski definition) is 1. The number of hydrogen-bond acceptors (Lipinski definition) is 4. The molecule has 1 aliphatic rings. The van der Waals surface area contributed by atoms with Crippen LogP contribution in [0.1, 0.15) is 5.56 Å². The van der Waals surface area contributed by atoms with Gasteiger partial charge in [-0.25, -0.2) is 4.99 Å². The van der Waals surface area contributed by atoms with Crippen LogP contribution < -0.4 is 10.1 Å². The van der Waals surface area contributed by atoms with Crippen LogP contribution in [0.15, 0.2) is 41.5 Å². The fourth-order valence-electron chi connectivity index (χ4n) is 1.34. The van der Waals surface area contributed by atoms with Crippen molar-refractivity contribution in [1.82, 2.24) is 5.32 Å². The fourth-order valence-corrected chi connectivity index (χ4v) is 1.34. The Morgan fingerprint density at radius 1 is 1.31 bits per heavy atom. The standard InChI is InChI=1S/C12H14N2O2/c1-15-11-5-3-10(4-6-11)9-16-12-13-7-2-8-14-12/h2-8,12-13H,9H2,1H3. The number of nitrogens with zero attached hydrogens (tertiary/aromatic N) is 1. The quantitative estimate of drug-likeness (QED) is 0.836. The third-order valence-corrected chi connectivity index (χ3v) is 2.21. The maximum atomic E-state index is 5.54. The summed E-state index contributed by atoms with van der Waals surface area (Å²) in [6.45, 7) is 0.521. The van der Waals surface area contributed by atoms with Crippen LogP contribution in [0.25, 0.3) is 0 Å². The van der Waals surface area contributed by atoms with E-state index in [1.165, 1.54) is 0 Å². The molecule has 2 rings (SSSR count). The van der Waals surface area contributed by atoms with Crippen LogP contribution in [0.2, 0.25) is 0 Å². The minimum atomic E-state index is -0.285. The molecule has 1 unspecified atom stereocenters. The average molecular weight is 218 g/mol. The highest BCUT2D eigenvalue weighted by Gasteiger charge is 2.05. The Morgan fingerprint density at radius 2 is 2.12 bits per heavy atom. The second-order valence-corrected chi connectivity index (χ2v) is 3.34. The van der Waals surface area contributed by atoms with E-state index in [0.29, 0.717) is 6.61 Å². The van der Waals surface area contributed by atoms with Crippen LogP contribution in [0.3, 0.4) is 0 Å². The van der Waals surface area contributed by atoms with Crippen molar-refractivity contribution >= 4 is 6.21 Å². The highest BCUT2D eigenvalue weighted by molar-refractivity contribution is 5.71. The molecule has 0 aromatic heterocycles. The maximum Gasteiger partial charge on any atom is 0.225 e. The molecule has 1 atom stereocenters. The summed E-state index contributed by atoms with van der Waals surface area (Å²) in [4.78, 5) is 4.11. The molecule has 1 heterocycles. The van der Waals surface area contributed by atoms with E-state index in [-0.39, 0.29) is 6.35 Å². The number of rotatable bonds is 4. The number of nitrogens with one attached hydrogen (secondary N) is 1. The Labute approximate surface area is 94.6 Å². The summed E-state index contributed by atoms with van der Waals surface area (Å²) >= 11 is 0. The minimum Gasteiger partial charge on any atom is -0.497 e. The van der Waals surface area contributed by atoms with E-state index < -0.39 is 0 Å². The van der Waals surface area contributed by atoms with E-state index in [9.17, 15) is 0 Å². The van der Waals surface area contributed by atoms with E-state index in [2.05, 4.69) is 10.3 Å². The molecule has 0 amide bonds. The lowest BCUT2D eigenvalue weighted by Gasteiger charge is -2.15. The molecule has 0 aliphatic carbocycles. The van der Waals surface area contributed by atoms with E-state index in [0.717, 1.165) is 11.3 Å². The van der Waals surface area contributed by atoms with Gasteiger partial charge in [-0.15, -0.1) is 0 Å². The predicted octanol–water partition coefficient (Wildman–Crippen LogP) is 1.68. The van der Waals surface area contributed by atoms with Crippen LogP contribution in [-0.4, -0.2) is 19.7 Å². The number of aliphatic imine (C=N–C) groups is 1. The molecule has 1 aliphatic heterocycles. The van der Waals surface area contributed by atoms with Gasteiger partial charge in [0.25, 0.3) is 0 Å². The van der Waals surface area contributed by atoms with Crippen LogP contribution in [0, 0.1) is 0 Å². The first kappa shape index (κ1) is 10.7. The summed E-state index contributed by atoms with van der Waals surface area (Å²) in [6.07, 6.45) is 5.07. The van der Waals surface area contributed by atoms with E-state index in [1.54, 1.807) is 13.3 Å². The molecule has 1 N–H and O–H groups in total. The Bertz CT molecular complexity index is 385. The zero-order valence-corrected chi connectivity index (χ0v) is 9.09. The van der Waals surface area contributed by atoms with Crippen LogP contribution in [-0.2, 0) is 11.3 Å². The number of benzene rings is 1. The molecule has 0 bridgehead atoms. The van der Waals surface area contributed by atoms with Gasteiger partial charge in [-0.3, -0.25) is 0 Å². The van der Waals surface area contributed by atoms with Crippen LogP contribution in [0.4, 0.5) is 0 Å². The SMILES string of the molecule is COc1ccc(COC2N=CC=CN2)cc1. The molecule has 0 saturated carbocycles. The van der Waals surface area contributed by atoms with Gasteiger partial charge < -0.3 is 14.8 Å². The third kappa shape index (κ3) is 2.84. The molecule has 0 fully saturated rings.